The number of carbonyl (C=O) groups excluding carboxylic acids is 1. The van der Waals surface area contributed by atoms with Crippen molar-refractivity contribution in [1.82, 2.24) is 14.9 Å². The number of nitrogens with zero attached hydrogens (tertiary/aromatic N) is 3. The molecule has 8 heteroatoms. The summed E-state index contributed by atoms with van der Waals surface area (Å²) in [6.45, 7) is 2.48. The SMILES string of the molecule is N[C@H]1CCCC[C@H]1Nc1nccc(Nc2ccc(C(=O)N3CCOCC3)cc2)n1. The molecule has 2 heterocycles. The molecule has 4 rings (SSSR count). The van der Waals surface area contributed by atoms with Crippen molar-refractivity contribution in [2.75, 3.05) is 36.9 Å². The fraction of sp³-hybridized carbons (Fsp3) is 0.476. The lowest BCUT2D eigenvalue weighted by molar-refractivity contribution is 0.0303. The maximum absolute atomic E-state index is 12.5. The predicted molar refractivity (Wildman–Crippen MR) is 112 cm³/mol. The summed E-state index contributed by atoms with van der Waals surface area (Å²) in [5.41, 5.74) is 7.75. The number of benzene rings is 1. The summed E-state index contributed by atoms with van der Waals surface area (Å²) in [4.78, 5) is 23.2. The van der Waals surface area contributed by atoms with Crippen LogP contribution in [-0.2, 0) is 4.74 Å². The molecule has 0 bridgehead atoms. The lowest BCUT2D eigenvalue weighted by atomic mass is 9.91. The molecule has 154 valence electrons. The van der Waals surface area contributed by atoms with E-state index in [2.05, 4.69) is 20.6 Å². The minimum absolute atomic E-state index is 0.0391. The zero-order chi connectivity index (χ0) is 20.1. The van der Waals surface area contributed by atoms with Crippen LogP contribution in [-0.4, -0.2) is 59.2 Å². The van der Waals surface area contributed by atoms with Gasteiger partial charge in [-0.05, 0) is 43.2 Å². The lowest BCUT2D eigenvalue weighted by Crippen LogP contribution is -2.42. The molecule has 4 N–H and O–H groups in total. The van der Waals surface area contributed by atoms with E-state index in [0.717, 1.165) is 18.5 Å². The molecule has 0 radical (unpaired) electrons. The van der Waals surface area contributed by atoms with E-state index in [1.54, 1.807) is 6.20 Å². The Labute approximate surface area is 170 Å². The zero-order valence-electron chi connectivity index (χ0n) is 16.5. The highest BCUT2D eigenvalue weighted by atomic mass is 16.5. The van der Waals surface area contributed by atoms with E-state index in [1.165, 1.54) is 12.8 Å². The average Bonchev–Trinajstić information content (AvgIpc) is 2.76. The highest BCUT2D eigenvalue weighted by Gasteiger charge is 2.22. The van der Waals surface area contributed by atoms with Gasteiger partial charge in [-0.25, -0.2) is 4.98 Å². The third kappa shape index (κ3) is 5.02. The Morgan fingerprint density at radius 3 is 2.62 bits per heavy atom. The second-order valence-corrected chi connectivity index (χ2v) is 7.57. The smallest absolute Gasteiger partial charge is 0.254 e. The fourth-order valence-electron chi connectivity index (χ4n) is 3.80. The van der Waals surface area contributed by atoms with E-state index in [9.17, 15) is 4.79 Å². The molecule has 2 atom stereocenters. The van der Waals surface area contributed by atoms with E-state index < -0.39 is 0 Å². The number of amides is 1. The lowest BCUT2D eigenvalue weighted by Gasteiger charge is -2.29. The van der Waals surface area contributed by atoms with Crippen molar-refractivity contribution in [2.45, 2.75) is 37.8 Å². The average molecular weight is 396 g/mol. The summed E-state index contributed by atoms with van der Waals surface area (Å²) in [7, 11) is 0. The molecule has 0 unspecified atom stereocenters. The fourth-order valence-corrected chi connectivity index (χ4v) is 3.80. The van der Waals surface area contributed by atoms with Gasteiger partial charge in [-0.2, -0.15) is 4.98 Å². The van der Waals surface area contributed by atoms with Crippen LogP contribution in [0.4, 0.5) is 17.5 Å². The molecule has 8 nitrogen and oxygen atoms in total. The van der Waals surface area contributed by atoms with Crippen LogP contribution in [0.3, 0.4) is 0 Å². The van der Waals surface area contributed by atoms with Gasteiger partial charge >= 0.3 is 0 Å². The van der Waals surface area contributed by atoms with Crippen LogP contribution >= 0.6 is 0 Å². The van der Waals surface area contributed by atoms with Crippen molar-refractivity contribution >= 4 is 23.4 Å². The van der Waals surface area contributed by atoms with Crippen LogP contribution in [0.15, 0.2) is 36.5 Å². The molecule has 1 amide bonds. The number of anilines is 3. The molecule has 1 aromatic carbocycles. The maximum atomic E-state index is 12.5. The van der Waals surface area contributed by atoms with Gasteiger partial charge < -0.3 is 26.0 Å². The Balaban J connectivity index is 1.38. The van der Waals surface area contributed by atoms with E-state index in [1.807, 2.05) is 35.2 Å². The Bertz CT molecular complexity index is 822. The van der Waals surface area contributed by atoms with E-state index in [-0.39, 0.29) is 18.0 Å². The molecular formula is C21H28N6O2. The molecule has 1 saturated heterocycles. The van der Waals surface area contributed by atoms with Gasteiger partial charge in [0.25, 0.3) is 5.91 Å². The summed E-state index contributed by atoms with van der Waals surface area (Å²) in [5, 5.41) is 6.64. The topological polar surface area (TPSA) is 105 Å². The Kier molecular flexibility index (Phi) is 6.21. The predicted octanol–water partition coefficient (Wildman–Crippen LogP) is 2.37. The van der Waals surface area contributed by atoms with Gasteiger partial charge in [0, 0.05) is 42.6 Å². The second kappa shape index (κ2) is 9.19. The molecule has 1 aliphatic heterocycles. The summed E-state index contributed by atoms with van der Waals surface area (Å²) < 4.78 is 5.31. The van der Waals surface area contributed by atoms with Gasteiger partial charge in [0.05, 0.1) is 13.2 Å². The molecule has 2 fully saturated rings. The van der Waals surface area contributed by atoms with Crippen LogP contribution in [0.2, 0.25) is 0 Å². The maximum Gasteiger partial charge on any atom is 0.254 e. The summed E-state index contributed by atoms with van der Waals surface area (Å²) >= 11 is 0. The van der Waals surface area contributed by atoms with Crippen LogP contribution in [0.1, 0.15) is 36.0 Å². The van der Waals surface area contributed by atoms with Gasteiger partial charge in [-0.3, -0.25) is 4.79 Å². The largest absolute Gasteiger partial charge is 0.378 e. The Morgan fingerprint density at radius 2 is 1.86 bits per heavy atom. The number of rotatable bonds is 5. The number of morpholine rings is 1. The van der Waals surface area contributed by atoms with Crippen LogP contribution in [0, 0.1) is 0 Å². The molecule has 29 heavy (non-hydrogen) atoms. The number of hydrogen-bond donors (Lipinski definition) is 3. The third-order valence-corrected chi connectivity index (χ3v) is 5.49. The van der Waals surface area contributed by atoms with Gasteiger partial charge in [-0.15, -0.1) is 0 Å². The highest BCUT2D eigenvalue weighted by molar-refractivity contribution is 5.94. The minimum Gasteiger partial charge on any atom is -0.378 e. The number of carbonyl (C=O) groups is 1. The number of aromatic nitrogens is 2. The number of nitrogens with one attached hydrogen (secondary N) is 2. The molecular weight excluding hydrogens is 368 g/mol. The van der Waals surface area contributed by atoms with Crippen LogP contribution in [0.5, 0.6) is 0 Å². The van der Waals surface area contributed by atoms with Gasteiger partial charge in [0.2, 0.25) is 5.95 Å². The van der Waals surface area contributed by atoms with Crippen LogP contribution in [0.25, 0.3) is 0 Å². The third-order valence-electron chi connectivity index (χ3n) is 5.49. The molecule has 1 aliphatic carbocycles. The van der Waals surface area contributed by atoms with Gasteiger partial charge in [0.1, 0.15) is 5.82 Å². The Morgan fingerprint density at radius 1 is 1.10 bits per heavy atom. The first-order chi connectivity index (χ1) is 14.2. The molecule has 1 saturated carbocycles. The van der Waals surface area contributed by atoms with Crippen molar-refractivity contribution in [1.29, 1.82) is 0 Å². The summed E-state index contributed by atoms with van der Waals surface area (Å²) in [5.74, 6) is 1.31. The first kappa shape index (κ1) is 19.6. The first-order valence-electron chi connectivity index (χ1n) is 10.3. The molecule has 2 aromatic rings. The van der Waals surface area contributed by atoms with E-state index >= 15 is 0 Å². The van der Waals surface area contributed by atoms with Crippen LogP contribution < -0.4 is 16.4 Å². The van der Waals surface area contributed by atoms with Gasteiger partial charge in [0.15, 0.2) is 0 Å². The van der Waals surface area contributed by atoms with Crippen molar-refractivity contribution in [3.05, 3.63) is 42.1 Å². The highest BCUT2D eigenvalue weighted by Crippen LogP contribution is 2.21. The monoisotopic (exact) mass is 396 g/mol. The van der Waals surface area contributed by atoms with Crippen molar-refractivity contribution < 1.29 is 9.53 Å². The zero-order valence-corrected chi connectivity index (χ0v) is 16.5. The van der Waals surface area contributed by atoms with Crippen molar-refractivity contribution in [3.8, 4) is 0 Å². The molecule has 0 spiro atoms. The normalized spacial score (nSPS) is 22.2. The molecule has 2 aliphatic rings. The summed E-state index contributed by atoms with van der Waals surface area (Å²) in [6, 6.07) is 9.62. The first-order valence-corrected chi connectivity index (χ1v) is 10.3. The van der Waals surface area contributed by atoms with Gasteiger partial charge in [-0.1, -0.05) is 12.8 Å². The van der Waals surface area contributed by atoms with E-state index in [0.29, 0.717) is 43.6 Å². The summed E-state index contributed by atoms with van der Waals surface area (Å²) in [6.07, 6.45) is 6.17. The Hall–Kier alpha value is -2.71. The quantitative estimate of drug-likeness (QED) is 0.712. The minimum atomic E-state index is 0.0391. The number of hydrogen-bond acceptors (Lipinski definition) is 7. The van der Waals surface area contributed by atoms with Crippen molar-refractivity contribution in [2.24, 2.45) is 5.73 Å². The van der Waals surface area contributed by atoms with E-state index in [4.69, 9.17) is 10.5 Å². The molecule has 1 aromatic heterocycles. The number of ether oxygens (including phenoxy) is 1. The number of nitrogens with two attached hydrogens (primary N) is 1. The second-order valence-electron chi connectivity index (χ2n) is 7.57. The standard InChI is InChI=1S/C21H28N6O2/c22-17-3-1-2-4-18(17)25-21-23-10-9-19(26-21)24-16-7-5-15(6-8-16)20(28)27-11-13-29-14-12-27/h5-10,17-18H,1-4,11-14,22H2,(H2,23,24,25,26)/t17-,18+/m0/s1. The van der Waals surface area contributed by atoms with Crippen molar-refractivity contribution in [3.63, 3.8) is 0 Å².